The Morgan fingerprint density at radius 1 is 1.65 bits per heavy atom. The Morgan fingerprint density at radius 2 is 2.41 bits per heavy atom. The van der Waals surface area contributed by atoms with Crippen LogP contribution in [0.5, 0.6) is 0 Å². The second kappa shape index (κ2) is 7.62. The molecular formula is C10H17N3O2S2. The Morgan fingerprint density at radius 3 is 2.94 bits per heavy atom. The molecule has 0 fully saturated rings. The third-order valence-electron chi connectivity index (χ3n) is 2.23. The summed E-state index contributed by atoms with van der Waals surface area (Å²) in [7, 11) is 3.16. The van der Waals surface area contributed by atoms with E-state index in [9.17, 15) is 4.79 Å². The first-order valence-electron chi connectivity index (χ1n) is 5.41. The highest BCUT2D eigenvalue weighted by atomic mass is 32.2. The molecule has 0 aliphatic carbocycles. The van der Waals surface area contributed by atoms with Gasteiger partial charge in [-0.3, -0.25) is 4.79 Å². The summed E-state index contributed by atoms with van der Waals surface area (Å²) in [6, 6.07) is -0.244. The molecule has 1 atom stereocenters. The molecule has 0 saturated heterocycles. The number of ether oxygens (including phenoxy) is 1. The van der Waals surface area contributed by atoms with Gasteiger partial charge in [-0.2, -0.15) is 4.37 Å². The van der Waals surface area contributed by atoms with Crippen LogP contribution in [-0.4, -0.2) is 41.3 Å². The Labute approximate surface area is 110 Å². The van der Waals surface area contributed by atoms with Crippen LogP contribution in [0.4, 0.5) is 0 Å². The minimum absolute atomic E-state index is 0.223. The van der Waals surface area contributed by atoms with Gasteiger partial charge < -0.3 is 10.1 Å². The molecule has 5 nitrogen and oxygen atoms in total. The van der Waals surface area contributed by atoms with Crippen LogP contribution in [0.3, 0.4) is 0 Å². The molecule has 1 unspecified atom stereocenters. The minimum Gasteiger partial charge on any atom is -0.468 e. The standard InChI is InChI=1S/C10H17N3O2S2/c1-4-8-12-10(17-13-8)16-6-5-7(11-2)9(14)15-3/h7,11H,4-6H2,1-3H3. The van der Waals surface area contributed by atoms with Gasteiger partial charge in [0.2, 0.25) is 0 Å². The molecule has 0 saturated carbocycles. The smallest absolute Gasteiger partial charge is 0.322 e. The molecule has 0 bridgehead atoms. The van der Waals surface area contributed by atoms with Crippen molar-refractivity contribution in [3.05, 3.63) is 5.82 Å². The predicted octanol–water partition coefficient (Wildman–Crippen LogP) is 1.34. The number of likely N-dealkylation sites (N-methyl/N-ethyl adjacent to an activating group) is 1. The minimum atomic E-state index is -0.244. The molecule has 1 aromatic heterocycles. The van der Waals surface area contributed by atoms with Crippen LogP contribution in [0.2, 0.25) is 0 Å². The summed E-state index contributed by atoms with van der Waals surface area (Å²) in [5, 5.41) is 2.93. The lowest BCUT2D eigenvalue weighted by molar-refractivity contribution is -0.143. The van der Waals surface area contributed by atoms with Gasteiger partial charge in [-0.1, -0.05) is 18.7 Å². The first-order chi connectivity index (χ1) is 8.21. The topological polar surface area (TPSA) is 64.1 Å². The highest BCUT2D eigenvalue weighted by molar-refractivity contribution is 8.00. The van der Waals surface area contributed by atoms with E-state index in [1.165, 1.54) is 18.6 Å². The van der Waals surface area contributed by atoms with Crippen LogP contribution in [0.1, 0.15) is 19.2 Å². The van der Waals surface area contributed by atoms with E-state index in [1.807, 2.05) is 6.92 Å². The number of nitrogens with one attached hydrogen (secondary N) is 1. The number of carbonyl (C=O) groups is 1. The van der Waals surface area contributed by atoms with E-state index in [0.717, 1.165) is 28.8 Å². The molecule has 7 heteroatoms. The van der Waals surface area contributed by atoms with Crippen molar-refractivity contribution in [2.24, 2.45) is 0 Å². The van der Waals surface area contributed by atoms with Crippen molar-refractivity contribution in [3.8, 4) is 0 Å². The van der Waals surface area contributed by atoms with Crippen LogP contribution < -0.4 is 5.32 Å². The first-order valence-corrected chi connectivity index (χ1v) is 7.17. The fraction of sp³-hybridized carbons (Fsp3) is 0.700. The summed E-state index contributed by atoms with van der Waals surface area (Å²) < 4.78 is 9.86. The number of aryl methyl sites for hydroxylation is 1. The molecule has 1 aromatic rings. The Kier molecular flexibility index (Phi) is 6.46. The molecule has 0 aliphatic heterocycles. The van der Waals surface area contributed by atoms with Crippen LogP contribution >= 0.6 is 23.3 Å². The molecule has 0 radical (unpaired) electrons. The monoisotopic (exact) mass is 275 g/mol. The van der Waals surface area contributed by atoms with Crippen molar-refractivity contribution in [2.45, 2.75) is 30.1 Å². The number of hydrogen-bond donors (Lipinski definition) is 1. The molecule has 1 N–H and O–H groups in total. The van der Waals surface area contributed by atoms with Crippen molar-refractivity contribution in [1.29, 1.82) is 0 Å². The van der Waals surface area contributed by atoms with E-state index >= 15 is 0 Å². The molecule has 0 amide bonds. The zero-order chi connectivity index (χ0) is 12.7. The van der Waals surface area contributed by atoms with Gasteiger partial charge in [-0.05, 0) is 25.0 Å². The largest absolute Gasteiger partial charge is 0.468 e. The van der Waals surface area contributed by atoms with E-state index in [4.69, 9.17) is 4.74 Å². The second-order valence-electron chi connectivity index (χ2n) is 3.33. The van der Waals surface area contributed by atoms with Crippen LogP contribution in [0.15, 0.2) is 4.34 Å². The summed E-state index contributed by atoms with van der Waals surface area (Å²) >= 11 is 3.04. The lowest BCUT2D eigenvalue weighted by Crippen LogP contribution is -2.35. The maximum absolute atomic E-state index is 11.3. The van der Waals surface area contributed by atoms with Crippen molar-refractivity contribution < 1.29 is 9.53 Å². The van der Waals surface area contributed by atoms with Gasteiger partial charge in [0.25, 0.3) is 0 Å². The van der Waals surface area contributed by atoms with Crippen molar-refractivity contribution >= 4 is 29.3 Å². The lowest BCUT2D eigenvalue weighted by atomic mass is 10.2. The van der Waals surface area contributed by atoms with Crippen LogP contribution in [0.25, 0.3) is 0 Å². The maximum atomic E-state index is 11.3. The third-order valence-corrected chi connectivity index (χ3v) is 4.14. The zero-order valence-corrected chi connectivity index (χ0v) is 11.9. The Balaban J connectivity index is 2.33. The summed E-state index contributed by atoms with van der Waals surface area (Å²) in [5.74, 6) is 1.48. The van der Waals surface area contributed by atoms with Crippen molar-refractivity contribution in [2.75, 3.05) is 19.9 Å². The summed E-state index contributed by atoms with van der Waals surface area (Å²) in [5.41, 5.74) is 0. The number of rotatable bonds is 7. The molecule has 96 valence electrons. The summed E-state index contributed by atoms with van der Waals surface area (Å²) in [6.07, 6.45) is 1.58. The predicted molar refractivity (Wildman–Crippen MR) is 69.5 cm³/mol. The van der Waals surface area contributed by atoms with E-state index < -0.39 is 0 Å². The van der Waals surface area contributed by atoms with Gasteiger partial charge in [0.05, 0.1) is 7.11 Å². The van der Waals surface area contributed by atoms with Gasteiger partial charge in [0.15, 0.2) is 4.34 Å². The molecule has 0 aromatic carbocycles. The van der Waals surface area contributed by atoms with Gasteiger partial charge >= 0.3 is 5.97 Å². The van der Waals surface area contributed by atoms with Gasteiger partial charge in [0.1, 0.15) is 11.9 Å². The van der Waals surface area contributed by atoms with Crippen LogP contribution in [0, 0.1) is 0 Å². The second-order valence-corrected chi connectivity index (χ2v) is 5.43. The number of aromatic nitrogens is 2. The number of nitrogens with zero attached hydrogens (tertiary/aromatic N) is 2. The molecule has 17 heavy (non-hydrogen) atoms. The highest BCUT2D eigenvalue weighted by Crippen LogP contribution is 2.21. The lowest BCUT2D eigenvalue weighted by Gasteiger charge is -2.12. The molecule has 1 heterocycles. The summed E-state index contributed by atoms with van der Waals surface area (Å²) in [4.78, 5) is 15.7. The Hall–Kier alpha value is -0.660. The van der Waals surface area contributed by atoms with Gasteiger partial charge in [-0.15, -0.1) is 0 Å². The van der Waals surface area contributed by atoms with Gasteiger partial charge in [0, 0.05) is 12.2 Å². The average molecular weight is 275 g/mol. The average Bonchev–Trinajstić information content (AvgIpc) is 2.81. The number of esters is 1. The third kappa shape index (κ3) is 4.61. The first kappa shape index (κ1) is 14.4. The van der Waals surface area contributed by atoms with E-state index in [2.05, 4.69) is 14.7 Å². The van der Waals surface area contributed by atoms with E-state index in [0.29, 0.717) is 0 Å². The van der Waals surface area contributed by atoms with Crippen molar-refractivity contribution in [1.82, 2.24) is 14.7 Å². The quantitative estimate of drug-likeness (QED) is 0.598. The molecule has 0 aliphatic rings. The number of methoxy groups -OCH3 is 1. The number of thioether (sulfide) groups is 1. The zero-order valence-electron chi connectivity index (χ0n) is 10.2. The normalized spacial score (nSPS) is 12.4. The maximum Gasteiger partial charge on any atom is 0.322 e. The van der Waals surface area contributed by atoms with E-state index in [-0.39, 0.29) is 12.0 Å². The van der Waals surface area contributed by atoms with Gasteiger partial charge in [-0.25, -0.2) is 4.98 Å². The fourth-order valence-corrected chi connectivity index (χ4v) is 3.00. The number of hydrogen-bond acceptors (Lipinski definition) is 7. The van der Waals surface area contributed by atoms with E-state index in [1.54, 1.807) is 18.8 Å². The summed E-state index contributed by atoms with van der Waals surface area (Å²) in [6.45, 7) is 2.03. The van der Waals surface area contributed by atoms with Crippen molar-refractivity contribution in [3.63, 3.8) is 0 Å². The van der Waals surface area contributed by atoms with Crippen LogP contribution in [-0.2, 0) is 16.0 Å². The Bertz CT molecular complexity index is 357. The fourth-order valence-electron chi connectivity index (χ4n) is 1.23. The molecular weight excluding hydrogens is 258 g/mol. The SMILES string of the molecule is CCc1nsc(SCCC(NC)C(=O)OC)n1. The highest BCUT2D eigenvalue weighted by Gasteiger charge is 2.16. The molecule has 1 rings (SSSR count). The molecule has 0 spiro atoms. The number of carbonyl (C=O) groups excluding carboxylic acids is 1.